The number of aromatic amines is 1. The summed E-state index contributed by atoms with van der Waals surface area (Å²) in [7, 11) is 0. The van der Waals surface area contributed by atoms with E-state index in [9.17, 15) is 4.79 Å². The summed E-state index contributed by atoms with van der Waals surface area (Å²) in [6, 6.07) is 2.82. The van der Waals surface area contributed by atoms with Gasteiger partial charge in [-0.3, -0.25) is 0 Å². The van der Waals surface area contributed by atoms with E-state index in [0.717, 1.165) is 0 Å². The van der Waals surface area contributed by atoms with Crippen molar-refractivity contribution in [3.05, 3.63) is 29.6 Å². The molecule has 0 radical (unpaired) electrons. The molecule has 20 heavy (non-hydrogen) atoms. The molecular weight excluding hydrogens is 276 g/mol. The molecule has 0 saturated carbocycles. The fourth-order valence-electron chi connectivity index (χ4n) is 1.75. The second-order valence-corrected chi connectivity index (χ2v) is 4.29. The Hall–Kier alpha value is -2.92. The highest BCUT2D eigenvalue weighted by Gasteiger charge is 2.11. The van der Waals surface area contributed by atoms with Crippen LogP contribution >= 0.6 is 12.2 Å². The molecule has 7 nitrogen and oxygen atoms in total. The Kier molecular flexibility index (Phi) is 3.63. The van der Waals surface area contributed by atoms with Crippen LogP contribution in [0.5, 0.6) is 0 Å². The van der Waals surface area contributed by atoms with Crippen LogP contribution in [0.3, 0.4) is 0 Å². The SMILES string of the molecule is N#CC(=Cc1c[nH]c2nccc(NC(N)=O)c12)C(N)=S. The molecule has 2 amide bonds. The van der Waals surface area contributed by atoms with Crippen LogP contribution in [0.4, 0.5) is 10.5 Å². The normalized spacial score (nSPS) is 11.1. The lowest BCUT2D eigenvalue weighted by molar-refractivity contribution is 0.259. The van der Waals surface area contributed by atoms with Crippen LogP contribution in [0.2, 0.25) is 0 Å². The second kappa shape index (κ2) is 5.38. The van der Waals surface area contributed by atoms with Gasteiger partial charge in [0, 0.05) is 23.3 Å². The number of carbonyl (C=O) groups excluding carboxylic acids is 1. The summed E-state index contributed by atoms with van der Waals surface area (Å²) in [6.45, 7) is 0. The lowest BCUT2D eigenvalue weighted by atomic mass is 10.1. The number of nitrogens with two attached hydrogens (primary N) is 2. The van der Waals surface area contributed by atoms with Gasteiger partial charge in [0.15, 0.2) is 0 Å². The number of aromatic nitrogens is 2. The lowest BCUT2D eigenvalue weighted by Crippen LogP contribution is -2.19. The van der Waals surface area contributed by atoms with Gasteiger partial charge in [0.05, 0.1) is 11.3 Å². The molecule has 0 aromatic carbocycles. The van der Waals surface area contributed by atoms with E-state index in [-0.39, 0.29) is 10.6 Å². The molecule has 0 spiro atoms. The Bertz CT molecular complexity index is 770. The summed E-state index contributed by atoms with van der Waals surface area (Å²) in [6.07, 6.45) is 4.69. The van der Waals surface area contributed by atoms with E-state index >= 15 is 0 Å². The minimum absolute atomic E-state index is 0.00449. The number of hydrogen-bond donors (Lipinski definition) is 4. The Labute approximate surface area is 119 Å². The van der Waals surface area contributed by atoms with Gasteiger partial charge in [0.2, 0.25) is 0 Å². The highest BCUT2D eigenvalue weighted by molar-refractivity contribution is 7.80. The zero-order chi connectivity index (χ0) is 14.7. The maximum absolute atomic E-state index is 11.0. The molecular formula is C12H10N6OS. The third kappa shape index (κ3) is 2.57. The van der Waals surface area contributed by atoms with Gasteiger partial charge < -0.3 is 21.8 Å². The minimum Gasteiger partial charge on any atom is -0.389 e. The zero-order valence-corrected chi connectivity index (χ0v) is 11.0. The van der Waals surface area contributed by atoms with Gasteiger partial charge in [-0.25, -0.2) is 9.78 Å². The van der Waals surface area contributed by atoms with E-state index in [1.807, 2.05) is 6.07 Å². The average Bonchev–Trinajstić information content (AvgIpc) is 2.79. The number of nitrogens with one attached hydrogen (secondary N) is 2. The summed E-state index contributed by atoms with van der Waals surface area (Å²) in [4.78, 5) is 18.1. The Morgan fingerprint density at radius 2 is 2.30 bits per heavy atom. The topological polar surface area (TPSA) is 134 Å². The van der Waals surface area contributed by atoms with Crippen molar-refractivity contribution in [3.8, 4) is 6.07 Å². The zero-order valence-electron chi connectivity index (χ0n) is 10.2. The van der Waals surface area contributed by atoms with Gasteiger partial charge in [0.25, 0.3) is 0 Å². The number of nitriles is 1. The number of nitrogens with zero attached hydrogens (tertiary/aromatic N) is 2. The van der Waals surface area contributed by atoms with Crippen LogP contribution < -0.4 is 16.8 Å². The van der Waals surface area contributed by atoms with Gasteiger partial charge in [-0.2, -0.15) is 5.26 Å². The number of primary amides is 1. The van der Waals surface area contributed by atoms with Crippen molar-refractivity contribution < 1.29 is 4.79 Å². The molecule has 6 N–H and O–H groups in total. The quantitative estimate of drug-likeness (QED) is 0.382. The molecule has 8 heteroatoms. The molecule has 100 valence electrons. The molecule has 0 fully saturated rings. The highest BCUT2D eigenvalue weighted by Crippen LogP contribution is 2.26. The molecule has 2 aromatic rings. The van der Waals surface area contributed by atoms with Gasteiger partial charge in [-0.15, -0.1) is 0 Å². The molecule has 0 atom stereocenters. The largest absolute Gasteiger partial charge is 0.389 e. The number of thiocarbonyl (C=S) groups is 1. The molecule has 2 aromatic heterocycles. The van der Waals surface area contributed by atoms with Crippen LogP contribution in [0.1, 0.15) is 5.56 Å². The Morgan fingerprint density at radius 3 is 2.90 bits per heavy atom. The lowest BCUT2D eigenvalue weighted by Gasteiger charge is -2.04. The van der Waals surface area contributed by atoms with Crippen molar-refractivity contribution >= 4 is 46.0 Å². The first-order chi connectivity index (χ1) is 9.52. The summed E-state index contributed by atoms with van der Waals surface area (Å²) in [5.74, 6) is 0. The summed E-state index contributed by atoms with van der Waals surface area (Å²) >= 11 is 4.79. The fraction of sp³-hybridized carbons (Fsp3) is 0. The van der Waals surface area contributed by atoms with Crippen molar-refractivity contribution in [2.75, 3.05) is 5.32 Å². The number of H-pyrrole nitrogens is 1. The molecule has 2 rings (SSSR count). The molecule has 0 aliphatic carbocycles. The number of rotatable bonds is 3. The van der Waals surface area contributed by atoms with Crippen molar-refractivity contribution in [1.29, 1.82) is 5.26 Å². The monoisotopic (exact) mass is 286 g/mol. The maximum atomic E-state index is 11.0. The first kappa shape index (κ1) is 13.5. The number of amides is 2. The molecule has 0 unspecified atom stereocenters. The van der Waals surface area contributed by atoms with Crippen molar-refractivity contribution in [3.63, 3.8) is 0 Å². The standard InChI is InChI=1S/C12H10N6OS/c13-4-6(10(14)20)3-7-5-17-11-9(7)8(1-2-16-11)18-12(15)19/h1-3,5H,(H2,14,20)(H4,15,16,17,18,19). The predicted molar refractivity (Wildman–Crippen MR) is 79.7 cm³/mol. The van der Waals surface area contributed by atoms with Crippen molar-refractivity contribution in [2.24, 2.45) is 11.5 Å². The maximum Gasteiger partial charge on any atom is 0.316 e. The summed E-state index contributed by atoms with van der Waals surface area (Å²) in [5.41, 5.74) is 12.4. The number of urea groups is 1. The van der Waals surface area contributed by atoms with Gasteiger partial charge in [0.1, 0.15) is 16.7 Å². The van der Waals surface area contributed by atoms with Crippen molar-refractivity contribution in [1.82, 2.24) is 9.97 Å². The van der Waals surface area contributed by atoms with Crippen molar-refractivity contribution in [2.45, 2.75) is 0 Å². The van der Waals surface area contributed by atoms with Crippen LogP contribution in [0, 0.1) is 11.3 Å². The smallest absolute Gasteiger partial charge is 0.316 e. The van der Waals surface area contributed by atoms with Crippen LogP contribution in [-0.2, 0) is 0 Å². The van der Waals surface area contributed by atoms with E-state index in [2.05, 4.69) is 15.3 Å². The van der Waals surface area contributed by atoms with Gasteiger partial charge in [-0.05, 0) is 12.1 Å². The molecule has 0 saturated heterocycles. The van der Waals surface area contributed by atoms with E-state index in [1.165, 1.54) is 12.3 Å². The highest BCUT2D eigenvalue weighted by atomic mass is 32.1. The minimum atomic E-state index is -0.691. The number of carbonyl (C=O) groups is 1. The van der Waals surface area contributed by atoms with E-state index in [1.54, 1.807) is 12.3 Å². The van der Waals surface area contributed by atoms with E-state index in [0.29, 0.717) is 22.3 Å². The van der Waals surface area contributed by atoms with Crippen LogP contribution in [0.25, 0.3) is 17.1 Å². The Balaban J connectivity index is 2.64. The van der Waals surface area contributed by atoms with E-state index in [4.69, 9.17) is 28.9 Å². The van der Waals surface area contributed by atoms with Gasteiger partial charge >= 0.3 is 6.03 Å². The molecule has 0 bridgehead atoms. The third-order valence-electron chi connectivity index (χ3n) is 2.55. The average molecular weight is 286 g/mol. The summed E-state index contributed by atoms with van der Waals surface area (Å²) < 4.78 is 0. The molecule has 0 aliphatic rings. The third-order valence-corrected chi connectivity index (χ3v) is 2.77. The van der Waals surface area contributed by atoms with Crippen LogP contribution in [0.15, 0.2) is 24.0 Å². The number of pyridine rings is 1. The molecule has 2 heterocycles. The summed E-state index contributed by atoms with van der Waals surface area (Å²) in [5, 5.41) is 12.1. The van der Waals surface area contributed by atoms with Crippen LogP contribution in [-0.4, -0.2) is 21.0 Å². The second-order valence-electron chi connectivity index (χ2n) is 3.85. The fourth-order valence-corrected chi connectivity index (χ4v) is 1.85. The number of anilines is 1. The Morgan fingerprint density at radius 1 is 1.55 bits per heavy atom. The van der Waals surface area contributed by atoms with E-state index < -0.39 is 6.03 Å². The number of fused-ring (bicyclic) bond motifs is 1. The molecule has 0 aliphatic heterocycles. The first-order valence-electron chi connectivity index (χ1n) is 5.47. The van der Waals surface area contributed by atoms with Gasteiger partial charge in [-0.1, -0.05) is 12.2 Å². The first-order valence-corrected chi connectivity index (χ1v) is 5.88. The number of hydrogen-bond acceptors (Lipinski definition) is 4. The predicted octanol–water partition coefficient (Wildman–Crippen LogP) is 1.25.